The molecule has 0 spiro atoms. The molecule has 0 saturated carbocycles. The summed E-state index contributed by atoms with van der Waals surface area (Å²) >= 11 is 6.33. The maximum atomic E-state index is 13.6. The second-order valence-electron chi connectivity index (χ2n) is 10.4. The van der Waals surface area contributed by atoms with Crippen LogP contribution in [0.15, 0.2) is 77.6 Å². The molecule has 1 saturated heterocycles. The van der Waals surface area contributed by atoms with E-state index in [4.69, 9.17) is 16.3 Å². The fourth-order valence-corrected chi connectivity index (χ4v) is 5.79. The van der Waals surface area contributed by atoms with Gasteiger partial charge in [0.2, 0.25) is 0 Å². The Labute approximate surface area is 243 Å². The monoisotopic (exact) mass is 569 g/mol. The number of ether oxygens (including phenoxy) is 1. The van der Waals surface area contributed by atoms with Crippen molar-refractivity contribution in [3.63, 3.8) is 0 Å². The van der Waals surface area contributed by atoms with Gasteiger partial charge in [-0.3, -0.25) is 9.69 Å². The number of rotatable bonds is 8. The highest BCUT2D eigenvalue weighted by atomic mass is 35.5. The Morgan fingerprint density at radius 2 is 1.80 bits per heavy atom. The molecule has 0 aliphatic carbocycles. The van der Waals surface area contributed by atoms with Crippen molar-refractivity contribution >= 4 is 28.2 Å². The number of halogens is 1. The lowest BCUT2D eigenvalue weighted by Gasteiger charge is -2.40. The Hall–Kier alpha value is -4.21. The van der Waals surface area contributed by atoms with Crippen molar-refractivity contribution in [2.45, 2.75) is 25.9 Å². The zero-order chi connectivity index (χ0) is 28.3. The standard InChI is InChI=1S/C31H32ClN7O2/c1-21-8-9-24(32)20-28(21)37-14-16-38(17-15-37)29(26-19-23-18-25(41-2)10-11-27(23)33-31(26)40)30-34-35-36-39(30)13-12-22-6-4-3-5-7-22/h3-11,18-20,29H,12-17H2,1-2H3,(H,33,40). The lowest BCUT2D eigenvalue weighted by Crippen LogP contribution is -2.49. The molecule has 0 radical (unpaired) electrons. The first kappa shape index (κ1) is 27.0. The predicted molar refractivity (Wildman–Crippen MR) is 161 cm³/mol. The van der Waals surface area contributed by atoms with Crippen LogP contribution >= 0.6 is 11.6 Å². The highest BCUT2D eigenvalue weighted by Crippen LogP contribution is 2.31. The second-order valence-corrected chi connectivity index (χ2v) is 10.8. The van der Waals surface area contributed by atoms with Gasteiger partial charge < -0.3 is 14.6 Å². The van der Waals surface area contributed by atoms with Crippen LogP contribution in [-0.2, 0) is 13.0 Å². The summed E-state index contributed by atoms with van der Waals surface area (Å²) in [6.45, 7) is 5.70. The van der Waals surface area contributed by atoms with Crippen molar-refractivity contribution < 1.29 is 4.74 Å². The number of anilines is 1. The van der Waals surface area contributed by atoms with Gasteiger partial charge in [0.1, 0.15) is 11.8 Å². The normalized spacial score (nSPS) is 14.9. The number of piperazine rings is 1. The van der Waals surface area contributed by atoms with Crippen molar-refractivity contribution in [3.8, 4) is 5.75 Å². The third-order valence-corrected chi connectivity index (χ3v) is 8.06. The second kappa shape index (κ2) is 11.7. The van der Waals surface area contributed by atoms with E-state index in [1.54, 1.807) is 7.11 Å². The molecule has 1 N–H and O–H groups in total. The number of fused-ring (bicyclic) bond motifs is 1. The molecule has 10 heteroatoms. The Kier molecular flexibility index (Phi) is 7.71. The van der Waals surface area contributed by atoms with E-state index in [-0.39, 0.29) is 5.56 Å². The van der Waals surface area contributed by atoms with Gasteiger partial charge in [-0.05, 0) is 71.3 Å². The Bertz CT molecular complexity index is 1710. The number of tetrazole rings is 1. The number of benzene rings is 3. The molecule has 1 aliphatic rings. The average molecular weight is 570 g/mol. The molecule has 3 aromatic carbocycles. The smallest absolute Gasteiger partial charge is 0.253 e. The molecule has 41 heavy (non-hydrogen) atoms. The van der Waals surface area contributed by atoms with E-state index >= 15 is 0 Å². The third kappa shape index (κ3) is 5.68. The molecule has 1 aliphatic heterocycles. The Morgan fingerprint density at radius 1 is 1.00 bits per heavy atom. The number of hydrogen-bond acceptors (Lipinski definition) is 7. The van der Waals surface area contributed by atoms with Gasteiger partial charge in [-0.25, -0.2) is 4.68 Å². The quantitative estimate of drug-likeness (QED) is 0.291. The molecule has 9 nitrogen and oxygen atoms in total. The summed E-state index contributed by atoms with van der Waals surface area (Å²) in [7, 11) is 1.64. The number of methoxy groups -OCH3 is 1. The summed E-state index contributed by atoms with van der Waals surface area (Å²) in [5.74, 6) is 1.38. The maximum Gasteiger partial charge on any atom is 0.253 e. The first-order valence-electron chi connectivity index (χ1n) is 13.8. The Balaban J connectivity index is 1.36. The molecule has 2 aromatic heterocycles. The lowest BCUT2D eigenvalue weighted by atomic mass is 10.0. The first-order chi connectivity index (χ1) is 20.0. The van der Waals surface area contributed by atoms with Gasteiger partial charge in [-0.15, -0.1) is 5.10 Å². The summed E-state index contributed by atoms with van der Waals surface area (Å²) in [6.07, 6.45) is 0.776. The summed E-state index contributed by atoms with van der Waals surface area (Å²) in [6, 6.07) is 23.4. The van der Waals surface area contributed by atoms with Crippen LogP contribution in [0.5, 0.6) is 5.75 Å². The van der Waals surface area contributed by atoms with Crippen molar-refractivity contribution in [2.75, 3.05) is 38.2 Å². The topological polar surface area (TPSA) is 92.2 Å². The number of aryl methyl sites for hydroxylation is 3. The van der Waals surface area contributed by atoms with Crippen molar-refractivity contribution in [1.29, 1.82) is 0 Å². The van der Waals surface area contributed by atoms with Crippen molar-refractivity contribution in [3.05, 3.63) is 111 Å². The first-order valence-corrected chi connectivity index (χ1v) is 14.1. The van der Waals surface area contributed by atoms with Crippen LogP contribution in [0.3, 0.4) is 0 Å². The summed E-state index contributed by atoms with van der Waals surface area (Å²) < 4.78 is 7.29. The molecule has 3 heterocycles. The number of nitrogens with zero attached hydrogens (tertiary/aromatic N) is 6. The van der Waals surface area contributed by atoms with Gasteiger partial charge >= 0.3 is 0 Å². The zero-order valence-corrected chi connectivity index (χ0v) is 23.9. The van der Waals surface area contributed by atoms with Crippen LogP contribution < -0.4 is 15.2 Å². The largest absolute Gasteiger partial charge is 0.497 e. The molecule has 0 amide bonds. The molecular formula is C31H32ClN7O2. The number of aromatic nitrogens is 5. The number of nitrogens with one attached hydrogen (secondary N) is 1. The van der Waals surface area contributed by atoms with Crippen LogP contribution in [0, 0.1) is 6.92 Å². The molecule has 1 unspecified atom stereocenters. The fraction of sp³-hybridized carbons (Fsp3) is 0.290. The van der Waals surface area contributed by atoms with Gasteiger partial charge in [-0.2, -0.15) is 0 Å². The molecule has 210 valence electrons. The zero-order valence-electron chi connectivity index (χ0n) is 23.1. The van der Waals surface area contributed by atoms with E-state index in [0.717, 1.165) is 60.0 Å². The van der Waals surface area contributed by atoms with Gasteiger partial charge in [-0.1, -0.05) is 48.0 Å². The molecule has 1 atom stereocenters. The maximum absolute atomic E-state index is 13.6. The number of aromatic amines is 1. The third-order valence-electron chi connectivity index (χ3n) is 7.83. The van der Waals surface area contributed by atoms with Crippen LogP contribution in [0.2, 0.25) is 5.02 Å². The minimum Gasteiger partial charge on any atom is -0.497 e. The summed E-state index contributed by atoms with van der Waals surface area (Å²) in [4.78, 5) is 21.3. The van der Waals surface area contributed by atoms with Gasteiger partial charge in [0.05, 0.1) is 7.11 Å². The van der Waals surface area contributed by atoms with E-state index in [2.05, 4.69) is 55.4 Å². The van der Waals surface area contributed by atoms with E-state index < -0.39 is 6.04 Å². The molecule has 1 fully saturated rings. The van der Waals surface area contributed by atoms with Crippen molar-refractivity contribution in [2.24, 2.45) is 0 Å². The molecule has 6 rings (SSSR count). The lowest BCUT2D eigenvalue weighted by molar-refractivity contribution is 0.199. The van der Waals surface area contributed by atoms with Gasteiger partial charge in [0, 0.05) is 59.9 Å². The number of hydrogen-bond donors (Lipinski definition) is 1. The van der Waals surface area contributed by atoms with E-state index in [9.17, 15) is 4.79 Å². The van der Waals surface area contributed by atoms with Crippen molar-refractivity contribution in [1.82, 2.24) is 30.1 Å². The Morgan fingerprint density at radius 3 is 2.59 bits per heavy atom. The van der Waals surface area contributed by atoms with E-state index in [1.807, 2.05) is 59.3 Å². The van der Waals surface area contributed by atoms with Crippen LogP contribution in [0.25, 0.3) is 10.9 Å². The average Bonchev–Trinajstić information content (AvgIpc) is 3.46. The van der Waals surface area contributed by atoms with Crippen LogP contribution in [0.4, 0.5) is 5.69 Å². The summed E-state index contributed by atoms with van der Waals surface area (Å²) in [5.41, 5.74) is 4.73. The minimum atomic E-state index is -0.428. The molecule has 5 aromatic rings. The SMILES string of the molecule is COc1ccc2[nH]c(=O)c(C(c3nnnn3CCc3ccccc3)N3CCN(c4cc(Cl)ccc4C)CC3)cc2c1. The van der Waals surface area contributed by atoms with Gasteiger partial charge in [0.15, 0.2) is 5.82 Å². The number of pyridine rings is 1. The van der Waals surface area contributed by atoms with Crippen LogP contribution in [0.1, 0.15) is 28.6 Å². The fourth-order valence-electron chi connectivity index (χ4n) is 5.62. The summed E-state index contributed by atoms with van der Waals surface area (Å²) in [5, 5.41) is 14.5. The molecular weight excluding hydrogens is 538 g/mol. The minimum absolute atomic E-state index is 0.154. The van der Waals surface area contributed by atoms with Crippen LogP contribution in [-0.4, -0.2) is 63.4 Å². The van der Waals surface area contributed by atoms with Gasteiger partial charge in [0.25, 0.3) is 5.56 Å². The predicted octanol–water partition coefficient (Wildman–Crippen LogP) is 4.64. The highest BCUT2D eigenvalue weighted by molar-refractivity contribution is 6.30. The van der Waals surface area contributed by atoms with E-state index in [0.29, 0.717) is 17.9 Å². The van der Waals surface area contributed by atoms with E-state index in [1.165, 1.54) is 11.1 Å². The molecule has 0 bridgehead atoms. The highest BCUT2D eigenvalue weighted by Gasteiger charge is 2.33. The number of H-pyrrole nitrogens is 1.